The first-order valence-corrected chi connectivity index (χ1v) is 10.0. The lowest BCUT2D eigenvalue weighted by Gasteiger charge is -2.36. The van der Waals surface area contributed by atoms with Gasteiger partial charge < -0.3 is 24.8 Å². The highest BCUT2D eigenvalue weighted by molar-refractivity contribution is 5.90. The van der Waals surface area contributed by atoms with Gasteiger partial charge in [0.1, 0.15) is 12.2 Å². The van der Waals surface area contributed by atoms with E-state index in [-0.39, 0.29) is 32.2 Å². The van der Waals surface area contributed by atoms with E-state index < -0.39 is 24.2 Å². The van der Waals surface area contributed by atoms with E-state index in [1.807, 2.05) is 30.3 Å². The second-order valence-corrected chi connectivity index (χ2v) is 7.31. The number of piperidine rings is 1. The highest BCUT2D eigenvalue weighted by Gasteiger charge is 2.35. The van der Waals surface area contributed by atoms with Gasteiger partial charge in [-0.15, -0.1) is 0 Å². The van der Waals surface area contributed by atoms with Gasteiger partial charge in [0, 0.05) is 26.1 Å². The Hall–Kier alpha value is -3.56. The summed E-state index contributed by atoms with van der Waals surface area (Å²) in [6.45, 7) is 2.34. The molecule has 1 saturated heterocycles. The molecule has 10 nitrogen and oxygen atoms in total. The van der Waals surface area contributed by atoms with Crippen molar-refractivity contribution in [3.63, 3.8) is 0 Å². The van der Waals surface area contributed by atoms with E-state index in [0.717, 1.165) is 5.56 Å². The quantitative estimate of drug-likeness (QED) is 0.675. The molecule has 166 valence electrons. The lowest BCUT2D eigenvalue weighted by Crippen LogP contribution is -2.52. The number of esters is 1. The van der Waals surface area contributed by atoms with Crippen LogP contribution in [-0.2, 0) is 23.1 Å². The SMILES string of the molecule is CCOC(=O)c1cnn(C)c1[C@@H]1C[C@H](NC(=O)OCc2ccccc2)CN(C(=O)O)C1. The third-order valence-electron chi connectivity index (χ3n) is 5.12. The number of aromatic nitrogens is 2. The fourth-order valence-electron chi connectivity index (χ4n) is 3.79. The van der Waals surface area contributed by atoms with Crippen molar-refractivity contribution in [2.45, 2.75) is 31.9 Å². The van der Waals surface area contributed by atoms with Gasteiger partial charge in [-0.05, 0) is 18.9 Å². The first-order chi connectivity index (χ1) is 14.9. The number of alkyl carbamates (subject to hydrolysis) is 1. The van der Waals surface area contributed by atoms with E-state index in [2.05, 4.69) is 10.4 Å². The number of hydrogen-bond acceptors (Lipinski definition) is 6. The summed E-state index contributed by atoms with van der Waals surface area (Å²) in [4.78, 5) is 37.5. The van der Waals surface area contributed by atoms with Gasteiger partial charge in [-0.2, -0.15) is 5.10 Å². The van der Waals surface area contributed by atoms with Crippen LogP contribution in [0.3, 0.4) is 0 Å². The number of aryl methyl sites for hydroxylation is 1. The van der Waals surface area contributed by atoms with Crippen LogP contribution in [0.4, 0.5) is 9.59 Å². The molecule has 0 unspecified atom stereocenters. The number of carbonyl (C=O) groups excluding carboxylic acids is 2. The number of carboxylic acid groups (broad SMARTS) is 1. The topological polar surface area (TPSA) is 123 Å². The molecule has 1 aliphatic rings. The molecule has 1 aliphatic heterocycles. The van der Waals surface area contributed by atoms with Crippen LogP contribution >= 0.6 is 0 Å². The molecule has 2 amide bonds. The summed E-state index contributed by atoms with van der Waals surface area (Å²) in [7, 11) is 1.69. The zero-order valence-electron chi connectivity index (χ0n) is 17.5. The van der Waals surface area contributed by atoms with Gasteiger partial charge in [0.05, 0.1) is 24.5 Å². The second kappa shape index (κ2) is 9.96. The Labute approximate surface area is 179 Å². The molecule has 1 fully saturated rings. The van der Waals surface area contributed by atoms with Crippen molar-refractivity contribution < 1.29 is 29.0 Å². The minimum absolute atomic E-state index is 0.111. The molecule has 0 radical (unpaired) electrons. The molecule has 0 spiro atoms. The zero-order chi connectivity index (χ0) is 22.4. The molecule has 2 N–H and O–H groups in total. The summed E-state index contributed by atoms with van der Waals surface area (Å²) in [5.41, 5.74) is 1.72. The first-order valence-electron chi connectivity index (χ1n) is 10.0. The van der Waals surface area contributed by atoms with Crippen LogP contribution in [0, 0.1) is 0 Å². The van der Waals surface area contributed by atoms with Crippen LogP contribution < -0.4 is 5.32 Å². The molecule has 1 aromatic carbocycles. The van der Waals surface area contributed by atoms with E-state index in [0.29, 0.717) is 17.7 Å². The largest absolute Gasteiger partial charge is 0.465 e. The van der Waals surface area contributed by atoms with Gasteiger partial charge in [0.25, 0.3) is 0 Å². The number of amides is 2. The molecule has 2 atom stereocenters. The highest BCUT2D eigenvalue weighted by atomic mass is 16.5. The molecule has 2 aromatic rings. The number of rotatable bonds is 6. The van der Waals surface area contributed by atoms with Crippen molar-refractivity contribution in [3.05, 3.63) is 53.3 Å². The predicted molar refractivity (Wildman–Crippen MR) is 110 cm³/mol. The zero-order valence-corrected chi connectivity index (χ0v) is 17.5. The van der Waals surface area contributed by atoms with E-state index >= 15 is 0 Å². The molecule has 1 aromatic heterocycles. The summed E-state index contributed by atoms with van der Waals surface area (Å²) < 4.78 is 11.9. The Bertz CT molecular complexity index is 929. The predicted octanol–water partition coefficient (Wildman–Crippen LogP) is 2.36. The maximum Gasteiger partial charge on any atom is 0.407 e. The number of nitrogens with zero attached hydrogens (tertiary/aromatic N) is 3. The van der Waals surface area contributed by atoms with Gasteiger partial charge in [-0.1, -0.05) is 30.3 Å². The van der Waals surface area contributed by atoms with Crippen molar-refractivity contribution in [1.82, 2.24) is 20.0 Å². The van der Waals surface area contributed by atoms with Crippen LogP contribution in [0.1, 0.15) is 40.9 Å². The molecule has 0 saturated carbocycles. The Morgan fingerprint density at radius 1 is 1.19 bits per heavy atom. The van der Waals surface area contributed by atoms with Gasteiger partial charge in [0.15, 0.2) is 0 Å². The van der Waals surface area contributed by atoms with Crippen LogP contribution in [0.25, 0.3) is 0 Å². The molecule has 10 heteroatoms. The normalized spacial score (nSPS) is 18.3. The van der Waals surface area contributed by atoms with Crippen LogP contribution in [-0.4, -0.2) is 63.7 Å². The van der Waals surface area contributed by atoms with Crippen LogP contribution in [0.2, 0.25) is 0 Å². The number of nitrogens with one attached hydrogen (secondary N) is 1. The summed E-state index contributed by atoms with van der Waals surface area (Å²) >= 11 is 0. The van der Waals surface area contributed by atoms with Gasteiger partial charge in [-0.25, -0.2) is 14.4 Å². The monoisotopic (exact) mass is 430 g/mol. The summed E-state index contributed by atoms with van der Waals surface area (Å²) in [5, 5.41) is 16.5. The third kappa shape index (κ3) is 5.53. The Morgan fingerprint density at radius 3 is 2.61 bits per heavy atom. The van der Waals surface area contributed by atoms with E-state index in [4.69, 9.17) is 9.47 Å². The Kier molecular flexibility index (Phi) is 7.11. The number of likely N-dealkylation sites (tertiary alicyclic amines) is 1. The highest BCUT2D eigenvalue weighted by Crippen LogP contribution is 2.30. The lowest BCUT2D eigenvalue weighted by molar-refractivity contribution is 0.0522. The minimum atomic E-state index is -1.10. The Morgan fingerprint density at radius 2 is 1.94 bits per heavy atom. The number of benzene rings is 1. The van der Waals surface area contributed by atoms with Gasteiger partial charge in [-0.3, -0.25) is 4.68 Å². The number of carbonyl (C=O) groups is 3. The molecular formula is C21H26N4O6. The number of ether oxygens (including phenoxy) is 2. The second-order valence-electron chi connectivity index (χ2n) is 7.31. The lowest BCUT2D eigenvalue weighted by atomic mass is 9.89. The van der Waals surface area contributed by atoms with E-state index in [9.17, 15) is 19.5 Å². The maximum atomic E-state index is 12.3. The third-order valence-corrected chi connectivity index (χ3v) is 5.12. The van der Waals surface area contributed by atoms with Crippen molar-refractivity contribution in [3.8, 4) is 0 Å². The van der Waals surface area contributed by atoms with Crippen molar-refractivity contribution in [1.29, 1.82) is 0 Å². The molecule has 2 heterocycles. The fourth-order valence-corrected chi connectivity index (χ4v) is 3.79. The summed E-state index contributed by atoms with van der Waals surface area (Å²) in [6.07, 6.45) is 0.115. The fraction of sp³-hybridized carbons (Fsp3) is 0.429. The molecule has 0 bridgehead atoms. The van der Waals surface area contributed by atoms with Crippen molar-refractivity contribution in [2.75, 3.05) is 19.7 Å². The van der Waals surface area contributed by atoms with Crippen molar-refractivity contribution >= 4 is 18.2 Å². The smallest absolute Gasteiger partial charge is 0.407 e. The Balaban J connectivity index is 1.72. The average molecular weight is 430 g/mol. The molecule has 3 rings (SSSR count). The van der Waals surface area contributed by atoms with Gasteiger partial charge >= 0.3 is 18.2 Å². The number of hydrogen-bond donors (Lipinski definition) is 2. The molecule has 31 heavy (non-hydrogen) atoms. The van der Waals surface area contributed by atoms with Crippen LogP contribution in [0.15, 0.2) is 36.5 Å². The van der Waals surface area contributed by atoms with E-state index in [1.165, 1.54) is 11.1 Å². The minimum Gasteiger partial charge on any atom is -0.465 e. The summed E-state index contributed by atoms with van der Waals surface area (Å²) in [5.74, 6) is -0.860. The van der Waals surface area contributed by atoms with Crippen molar-refractivity contribution in [2.24, 2.45) is 7.05 Å². The summed E-state index contributed by atoms with van der Waals surface area (Å²) in [6, 6.07) is 8.77. The van der Waals surface area contributed by atoms with Crippen LogP contribution in [0.5, 0.6) is 0 Å². The maximum absolute atomic E-state index is 12.3. The first kappa shape index (κ1) is 22.1. The average Bonchev–Trinajstić information content (AvgIpc) is 3.14. The molecule has 0 aliphatic carbocycles. The molecular weight excluding hydrogens is 404 g/mol. The van der Waals surface area contributed by atoms with E-state index in [1.54, 1.807) is 18.7 Å². The standard InChI is InChI=1S/C21H26N4O6/c1-3-30-19(26)17-10-22-24(2)18(17)15-9-16(12-25(11-15)21(28)29)23-20(27)31-13-14-7-5-4-6-8-14/h4-8,10,15-16H,3,9,11-13H2,1-2H3,(H,23,27)(H,28,29)/t15-,16+/m1/s1. The van der Waals surface area contributed by atoms with Gasteiger partial charge in [0.2, 0.25) is 0 Å².